The fraction of sp³-hybridized carbons (Fsp3) is 0.462. The molecule has 8 heteroatoms. The lowest BCUT2D eigenvalue weighted by molar-refractivity contribution is -0.385. The molecule has 8 nitrogen and oxygen atoms in total. The highest BCUT2D eigenvalue weighted by Crippen LogP contribution is 2.18. The van der Waals surface area contributed by atoms with Crippen LogP contribution >= 0.6 is 0 Å². The topological polar surface area (TPSA) is 112 Å². The molecule has 1 rings (SSSR count). The first-order valence-electron chi connectivity index (χ1n) is 6.55. The van der Waals surface area contributed by atoms with Crippen molar-refractivity contribution in [1.29, 1.82) is 5.26 Å². The lowest BCUT2D eigenvalue weighted by atomic mass is 10.2. The van der Waals surface area contributed by atoms with Crippen molar-refractivity contribution in [2.75, 3.05) is 18.4 Å². The Labute approximate surface area is 122 Å². The number of amides is 1. The number of nitriles is 1. The van der Waals surface area contributed by atoms with Gasteiger partial charge in [-0.1, -0.05) is 0 Å². The van der Waals surface area contributed by atoms with Crippen LogP contribution in [0.2, 0.25) is 0 Å². The minimum absolute atomic E-state index is 0.0985. The molecular formula is C13H17N5O3. The van der Waals surface area contributed by atoms with E-state index in [1.807, 2.05) is 13.8 Å². The van der Waals surface area contributed by atoms with Gasteiger partial charge in [-0.3, -0.25) is 14.9 Å². The van der Waals surface area contributed by atoms with Crippen LogP contribution in [-0.4, -0.2) is 39.8 Å². The molecule has 1 aromatic heterocycles. The molecule has 1 N–H and O–H groups in total. The minimum atomic E-state index is -0.667. The standard InChI is InChI=1S/C13H17N5O3/c1-4-17(5-2)13(19)9(3)15-12-7-6-11(18(20)21)10(8-14)16-12/h6-7,9H,4-5H2,1-3H3,(H,15,16). The Morgan fingerprint density at radius 3 is 2.62 bits per heavy atom. The summed E-state index contributed by atoms with van der Waals surface area (Å²) in [6, 6.07) is 3.72. The molecular weight excluding hydrogens is 274 g/mol. The number of carbonyl (C=O) groups is 1. The Hall–Kier alpha value is -2.69. The third kappa shape index (κ3) is 3.89. The number of likely N-dealkylation sites (N-methyl/N-ethyl adjacent to an activating group) is 1. The van der Waals surface area contributed by atoms with Crippen LogP contribution in [0.25, 0.3) is 0 Å². The van der Waals surface area contributed by atoms with Gasteiger partial charge in [0.15, 0.2) is 0 Å². The fourth-order valence-electron chi connectivity index (χ4n) is 1.85. The summed E-state index contributed by atoms with van der Waals surface area (Å²) in [5.74, 6) is 0.156. The summed E-state index contributed by atoms with van der Waals surface area (Å²) in [6.07, 6.45) is 0. The van der Waals surface area contributed by atoms with Crippen LogP contribution in [0.1, 0.15) is 26.5 Å². The van der Waals surface area contributed by atoms with E-state index in [-0.39, 0.29) is 23.1 Å². The number of anilines is 1. The monoisotopic (exact) mass is 291 g/mol. The highest BCUT2D eigenvalue weighted by molar-refractivity contribution is 5.84. The SMILES string of the molecule is CCN(CC)C(=O)C(C)Nc1ccc([N+](=O)[O-])c(C#N)n1. The van der Waals surface area contributed by atoms with Gasteiger partial charge >= 0.3 is 5.69 Å². The van der Waals surface area contributed by atoms with Crippen LogP contribution in [0.5, 0.6) is 0 Å². The van der Waals surface area contributed by atoms with E-state index >= 15 is 0 Å². The van der Waals surface area contributed by atoms with Gasteiger partial charge in [0.1, 0.15) is 17.9 Å². The van der Waals surface area contributed by atoms with Crippen LogP contribution in [0, 0.1) is 21.4 Å². The third-order valence-corrected chi connectivity index (χ3v) is 2.99. The largest absolute Gasteiger partial charge is 0.359 e. The number of carbonyl (C=O) groups excluding carboxylic acids is 1. The Kier molecular flexibility index (Phi) is 5.60. The Balaban J connectivity index is 2.91. The first-order chi connectivity index (χ1) is 9.94. The van der Waals surface area contributed by atoms with Crippen LogP contribution in [0.3, 0.4) is 0 Å². The van der Waals surface area contributed by atoms with E-state index in [0.29, 0.717) is 13.1 Å². The maximum absolute atomic E-state index is 12.1. The minimum Gasteiger partial charge on any atom is -0.359 e. The molecule has 0 radical (unpaired) electrons. The zero-order valence-corrected chi connectivity index (χ0v) is 12.2. The molecule has 1 atom stereocenters. The van der Waals surface area contributed by atoms with Crippen LogP contribution in [0.15, 0.2) is 12.1 Å². The van der Waals surface area contributed by atoms with E-state index in [4.69, 9.17) is 5.26 Å². The maximum atomic E-state index is 12.1. The van der Waals surface area contributed by atoms with Gasteiger partial charge in [0.2, 0.25) is 11.6 Å². The number of nitrogens with zero attached hydrogens (tertiary/aromatic N) is 4. The van der Waals surface area contributed by atoms with Crippen molar-refractivity contribution in [2.24, 2.45) is 0 Å². The summed E-state index contributed by atoms with van der Waals surface area (Å²) in [7, 11) is 0. The smallest absolute Gasteiger partial charge is 0.305 e. The molecule has 0 saturated heterocycles. The summed E-state index contributed by atoms with van der Waals surface area (Å²) in [6.45, 7) is 6.63. The first kappa shape index (κ1) is 16.4. The second-order valence-electron chi connectivity index (χ2n) is 4.31. The van der Waals surface area contributed by atoms with Crippen LogP contribution < -0.4 is 5.32 Å². The van der Waals surface area contributed by atoms with Crippen molar-refractivity contribution in [3.8, 4) is 6.07 Å². The van der Waals surface area contributed by atoms with Gasteiger partial charge in [0.05, 0.1) is 4.92 Å². The zero-order valence-electron chi connectivity index (χ0n) is 12.2. The van der Waals surface area contributed by atoms with Gasteiger partial charge in [0.25, 0.3) is 0 Å². The molecule has 0 aliphatic heterocycles. The van der Waals surface area contributed by atoms with E-state index in [9.17, 15) is 14.9 Å². The number of aromatic nitrogens is 1. The highest BCUT2D eigenvalue weighted by Gasteiger charge is 2.20. The molecule has 1 unspecified atom stereocenters. The highest BCUT2D eigenvalue weighted by atomic mass is 16.6. The summed E-state index contributed by atoms with van der Waals surface area (Å²) in [5.41, 5.74) is -0.640. The number of pyridine rings is 1. The van der Waals surface area contributed by atoms with E-state index in [2.05, 4.69) is 10.3 Å². The van der Waals surface area contributed by atoms with Gasteiger partial charge < -0.3 is 10.2 Å². The molecule has 0 bridgehead atoms. The molecule has 112 valence electrons. The lowest BCUT2D eigenvalue weighted by Gasteiger charge is -2.23. The average molecular weight is 291 g/mol. The molecule has 0 fully saturated rings. The summed E-state index contributed by atoms with van der Waals surface area (Å²) in [5, 5.41) is 22.5. The number of hydrogen-bond acceptors (Lipinski definition) is 6. The van der Waals surface area contributed by atoms with E-state index < -0.39 is 11.0 Å². The van der Waals surface area contributed by atoms with Crippen molar-refractivity contribution in [3.63, 3.8) is 0 Å². The van der Waals surface area contributed by atoms with Crippen molar-refractivity contribution >= 4 is 17.4 Å². The molecule has 0 spiro atoms. The van der Waals surface area contributed by atoms with Gasteiger partial charge in [-0.15, -0.1) is 0 Å². The third-order valence-electron chi connectivity index (χ3n) is 2.99. The Morgan fingerprint density at radius 2 is 2.14 bits per heavy atom. The van der Waals surface area contributed by atoms with Crippen LogP contribution in [0.4, 0.5) is 11.5 Å². The van der Waals surface area contributed by atoms with Crippen molar-refractivity contribution in [1.82, 2.24) is 9.88 Å². The summed E-state index contributed by atoms with van der Waals surface area (Å²) < 4.78 is 0. The Bertz CT molecular complexity index is 578. The van der Waals surface area contributed by atoms with Gasteiger partial charge in [0, 0.05) is 19.2 Å². The lowest BCUT2D eigenvalue weighted by Crippen LogP contribution is -2.41. The van der Waals surface area contributed by atoms with E-state index in [1.54, 1.807) is 17.9 Å². The first-order valence-corrected chi connectivity index (χ1v) is 6.55. The predicted molar refractivity (Wildman–Crippen MR) is 76.6 cm³/mol. The van der Waals surface area contributed by atoms with Crippen molar-refractivity contribution in [2.45, 2.75) is 26.8 Å². The quantitative estimate of drug-likeness (QED) is 0.628. The molecule has 0 aromatic carbocycles. The van der Waals surface area contributed by atoms with E-state index in [0.717, 1.165) is 0 Å². The Morgan fingerprint density at radius 1 is 1.52 bits per heavy atom. The summed E-state index contributed by atoms with van der Waals surface area (Å²) in [4.78, 5) is 27.7. The normalized spacial score (nSPS) is 11.3. The molecule has 21 heavy (non-hydrogen) atoms. The van der Waals surface area contributed by atoms with Crippen molar-refractivity contribution in [3.05, 3.63) is 27.9 Å². The fourth-order valence-corrected chi connectivity index (χ4v) is 1.85. The number of rotatable bonds is 6. The second kappa shape index (κ2) is 7.19. The van der Waals surface area contributed by atoms with Crippen LogP contribution in [-0.2, 0) is 4.79 Å². The molecule has 1 amide bonds. The molecule has 1 aromatic rings. The van der Waals surface area contributed by atoms with Gasteiger partial charge in [-0.25, -0.2) is 4.98 Å². The molecule has 0 aliphatic rings. The molecule has 1 heterocycles. The molecule has 0 aliphatic carbocycles. The van der Waals surface area contributed by atoms with Crippen molar-refractivity contribution < 1.29 is 9.72 Å². The summed E-state index contributed by atoms with van der Waals surface area (Å²) >= 11 is 0. The van der Waals surface area contributed by atoms with Gasteiger partial charge in [-0.05, 0) is 26.8 Å². The molecule has 0 saturated carbocycles. The zero-order chi connectivity index (χ0) is 16.0. The average Bonchev–Trinajstić information content (AvgIpc) is 2.47. The predicted octanol–water partition coefficient (Wildman–Crippen LogP) is 1.53. The second-order valence-corrected chi connectivity index (χ2v) is 4.31. The number of hydrogen-bond donors (Lipinski definition) is 1. The van der Waals surface area contributed by atoms with Gasteiger partial charge in [-0.2, -0.15) is 5.26 Å². The maximum Gasteiger partial charge on any atom is 0.305 e. The van der Waals surface area contributed by atoms with E-state index in [1.165, 1.54) is 12.1 Å². The number of nitrogens with one attached hydrogen (secondary N) is 1. The number of nitro groups is 1.